The highest BCUT2D eigenvalue weighted by Crippen LogP contribution is 2.21. The van der Waals surface area contributed by atoms with Gasteiger partial charge in [0.2, 0.25) is 0 Å². The lowest BCUT2D eigenvalue weighted by atomic mass is 10.2. The topological polar surface area (TPSA) is 21.3 Å². The second-order valence-electron chi connectivity index (χ2n) is 4.60. The maximum Gasteiger partial charge on any atom is 0.127 e. The van der Waals surface area contributed by atoms with Crippen molar-refractivity contribution in [2.75, 3.05) is 6.54 Å². The molecule has 2 aromatic rings. The third-order valence-corrected chi connectivity index (χ3v) is 2.93. The van der Waals surface area contributed by atoms with Gasteiger partial charge in [-0.05, 0) is 49.7 Å². The molecule has 0 amide bonds. The number of allylic oxidation sites excluding steroid dienone is 1. The standard InChI is InChI=1S/C18H21NO/c1-2-3-7-13-19-15-16-9-8-12-18(14-16)20-17-10-5-4-6-11-17/h2-6,8-12,14,19H,7,13,15H2,1H3/b3-2+. The summed E-state index contributed by atoms with van der Waals surface area (Å²) < 4.78 is 5.82. The van der Waals surface area contributed by atoms with Gasteiger partial charge in [0.15, 0.2) is 0 Å². The van der Waals surface area contributed by atoms with E-state index in [2.05, 4.69) is 29.6 Å². The van der Waals surface area contributed by atoms with Crippen molar-refractivity contribution >= 4 is 0 Å². The van der Waals surface area contributed by atoms with Crippen LogP contribution in [0.1, 0.15) is 18.9 Å². The maximum absolute atomic E-state index is 5.82. The minimum atomic E-state index is 0.865. The van der Waals surface area contributed by atoms with Gasteiger partial charge in [0.25, 0.3) is 0 Å². The summed E-state index contributed by atoms with van der Waals surface area (Å²) in [5, 5.41) is 3.42. The number of benzene rings is 2. The monoisotopic (exact) mass is 267 g/mol. The summed E-state index contributed by atoms with van der Waals surface area (Å²) in [7, 11) is 0. The number of rotatable bonds is 7. The molecule has 0 aliphatic carbocycles. The summed E-state index contributed by atoms with van der Waals surface area (Å²) in [5.74, 6) is 1.75. The molecule has 0 saturated carbocycles. The molecular formula is C18H21NO. The third kappa shape index (κ3) is 4.90. The van der Waals surface area contributed by atoms with Crippen LogP contribution in [0.5, 0.6) is 11.5 Å². The van der Waals surface area contributed by atoms with Crippen LogP contribution >= 0.6 is 0 Å². The van der Waals surface area contributed by atoms with Crippen LogP contribution in [0.4, 0.5) is 0 Å². The van der Waals surface area contributed by atoms with E-state index in [4.69, 9.17) is 4.74 Å². The average Bonchev–Trinajstić information content (AvgIpc) is 2.48. The SMILES string of the molecule is C/C=C/CCNCc1cccc(Oc2ccccc2)c1. The van der Waals surface area contributed by atoms with Crippen LogP contribution in [0.2, 0.25) is 0 Å². The molecule has 0 bridgehead atoms. The van der Waals surface area contributed by atoms with Gasteiger partial charge in [0, 0.05) is 6.54 Å². The van der Waals surface area contributed by atoms with Crippen LogP contribution in [0.15, 0.2) is 66.7 Å². The second-order valence-corrected chi connectivity index (χ2v) is 4.60. The Bertz CT molecular complexity index is 534. The molecule has 2 nitrogen and oxygen atoms in total. The lowest BCUT2D eigenvalue weighted by Gasteiger charge is -2.08. The molecule has 2 aromatic carbocycles. The fourth-order valence-corrected chi connectivity index (χ4v) is 1.93. The van der Waals surface area contributed by atoms with E-state index < -0.39 is 0 Å². The number of hydrogen-bond donors (Lipinski definition) is 1. The van der Waals surface area contributed by atoms with Crippen molar-refractivity contribution in [1.82, 2.24) is 5.32 Å². The Morgan fingerprint density at radius 3 is 2.60 bits per heavy atom. The zero-order valence-electron chi connectivity index (χ0n) is 11.9. The van der Waals surface area contributed by atoms with Gasteiger partial charge in [-0.3, -0.25) is 0 Å². The van der Waals surface area contributed by atoms with Gasteiger partial charge < -0.3 is 10.1 Å². The van der Waals surface area contributed by atoms with Crippen LogP contribution < -0.4 is 10.1 Å². The number of hydrogen-bond acceptors (Lipinski definition) is 2. The van der Waals surface area contributed by atoms with Crippen molar-refractivity contribution in [2.24, 2.45) is 0 Å². The van der Waals surface area contributed by atoms with Crippen LogP contribution in [0.25, 0.3) is 0 Å². The second kappa shape index (κ2) is 8.18. The Morgan fingerprint density at radius 1 is 1.00 bits per heavy atom. The third-order valence-electron chi connectivity index (χ3n) is 2.93. The first kappa shape index (κ1) is 14.4. The molecular weight excluding hydrogens is 246 g/mol. The molecule has 0 aliphatic heterocycles. The molecule has 0 heterocycles. The van der Waals surface area contributed by atoms with E-state index in [1.165, 1.54) is 5.56 Å². The van der Waals surface area contributed by atoms with Crippen molar-refractivity contribution in [3.05, 3.63) is 72.3 Å². The molecule has 0 atom stereocenters. The Balaban J connectivity index is 1.87. The predicted octanol–water partition coefficient (Wildman–Crippen LogP) is 4.53. The van der Waals surface area contributed by atoms with E-state index in [-0.39, 0.29) is 0 Å². The predicted molar refractivity (Wildman–Crippen MR) is 84.1 cm³/mol. The van der Waals surface area contributed by atoms with Crippen molar-refractivity contribution in [2.45, 2.75) is 19.9 Å². The van der Waals surface area contributed by atoms with Gasteiger partial charge in [-0.1, -0.05) is 42.5 Å². The van der Waals surface area contributed by atoms with Crippen molar-refractivity contribution in [3.8, 4) is 11.5 Å². The molecule has 0 aromatic heterocycles. The van der Waals surface area contributed by atoms with Gasteiger partial charge in [0.05, 0.1) is 0 Å². The lowest BCUT2D eigenvalue weighted by molar-refractivity contribution is 0.481. The molecule has 2 heteroatoms. The van der Waals surface area contributed by atoms with Gasteiger partial charge in [-0.25, -0.2) is 0 Å². The molecule has 0 spiro atoms. The van der Waals surface area contributed by atoms with Crippen LogP contribution in [0, 0.1) is 0 Å². The van der Waals surface area contributed by atoms with E-state index in [9.17, 15) is 0 Å². The van der Waals surface area contributed by atoms with Gasteiger partial charge >= 0.3 is 0 Å². The van der Waals surface area contributed by atoms with E-state index in [1.54, 1.807) is 0 Å². The lowest BCUT2D eigenvalue weighted by Crippen LogP contribution is -2.13. The highest BCUT2D eigenvalue weighted by Gasteiger charge is 1.98. The van der Waals surface area contributed by atoms with E-state index in [0.717, 1.165) is 31.0 Å². The molecule has 2 rings (SSSR count). The average molecular weight is 267 g/mol. The molecule has 0 unspecified atom stereocenters. The molecule has 0 saturated heterocycles. The van der Waals surface area contributed by atoms with Crippen molar-refractivity contribution in [3.63, 3.8) is 0 Å². The zero-order chi connectivity index (χ0) is 14.0. The number of para-hydroxylation sites is 1. The summed E-state index contributed by atoms with van der Waals surface area (Å²) in [5.41, 5.74) is 1.24. The minimum Gasteiger partial charge on any atom is -0.457 e. The largest absolute Gasteiger partial charge is 0.457 e. The fraction of sp³-hybridized carbons (Fsp3) is 0.222. The van der Waals surface area contributed by atoms with Gasteiger partial charge in [-0.15, -0.1) is 0 Å². The first-order valence-electron chi connectivity index (χ1n) is 7.02. The van der Waals surface area contributed by atoms with Crippen molar-refractivity contribution in [1.29, 1.82) is 0 Å². The van der Waals surface area contributed by atoms with E-state index in [0.29, 0.717) is 0 Å². The molecule has 0 aliphatic rings. The molecule has 0 fully saturated rings. The zero-order valence-corrected chi connectivity index (χ0v) is 11.9. The Kier molecular flexibility index (Phi) is 5.87. The van der Waals surface area contributed by atoms with Crippen LogP contribution in [-0.2, 0) is 6.54 Å². The number of nitrogens with one attached hydrogen (secondary N) is 1. The Hall–Kier alpha value is -2.06. The van der Waals surface area contributed by atoms with E-state index in [1.807, 2.05) is 49.4 Å². The molecule has 20 heavy (non-hydrogen) atoms. The smallest absolute Gasteiger partial charge is 0.127 e. The molecule has 0 radical (unpaired) electrons. The van der Waals surface area contributed by atoms with Crippen LogP contribution in [-0.4, -0.2) is 6.54 Å². The minimum absolute atomic E-state index is 0.865. The summed E-state index contributed by atoms with van der Waals surface area (Å²) in [6.07, 6.45) is 5.31. The first-order valence-corrected chi connectivity index (χ1v) is 7.02. The molecule has 1 N–H and O–H groups in total. The highest BCUT2D eigenvalue weighted by molar-refractivity contribution is 5.33. The van der Waals surface area contributed by atoms with Gasteiger partial charge in [0.1, 0.15) is 11.5 Å². The summed E-state index contributed by atoms with van der Waals surface area (Å²) >= 11 is 0. The first-order chi connectivity index (χ1) is 9.88. The molecule has 104 valence electrons. The van der Waals surface area contributed by atoms with Crippen LogP contribution in [0.3, 0.4) is 0 Å². The highest BCUT2D eigenvalue weighted by atomic mass is 16.5. The maximum atomic E-state index is 5.82. The fourth-order valence-electron chi connectivity index (χ4n) is 1.93. The normalized spacial score (nSPS) is 10.8. The Morgan fingerprint density at radius 2 is 1.80 bits per heavy atom. The summed E-state index contributed by atoms with van der Waals surface area (Å²) in [4.78, 5) is 0. The van der Waals surface area contributed by atoms with E-state index >= 15 is 0 Å². The quantitative estimate of drug-likeness (QED) is 0.587. The van der Waals surface area contributed by atoms with Crippen molar-refractivity contribution < 1.29 is 4.74 Å². The Labute approximate surface area is 121 Å². The summed E-state index contributed by atoms with van der Waals surface area (Å²) in [6.45, 7) is 3.90. The summed E-state index contributed by atoms with van der Waals surface area (Å²) in [6, 6.07) is 18.1. The number of ether oxygens (including phenoxy) is 1. The van der Waals surface area contributed by atoms with Gasteiger partial charge in [-0.2, -0.15) is 0 Å².